The van der Waals surface area contributed by atoms with E-state index in [1.165, 1.54) is 0 Å². The zero-order valence-electron chi connectivity index (χ0n) is 20.6. The van der Waals surface area contributed by atoms with E-state index in [0.717, 1.165) is 22.3 Å². The maximum absolute atomic E-state index is 12.2. The van der Waals surface area contributed by atoms with Crippen LogP contribution in [0, 0.1) is 0 Å². The van der Waals surface area contributed by atoms with Gasteiger partial charge in [0.05, 0.1) is 0 Å². The molecule has 0 aliphatic carbocycles. The number of amides is 1. The summed E-state index contributed by atoms with van der Waals surface area (Å²) in [5.41, 5.74) is 2.97. The van der Waals surface area contributed by atoms with Crippen molar-refractivity contribution in [3.05, 3.63) is 102 Å². The number of aromatic nitrogens is 2. The predicted molar refractivity (Wildman–Crippen MR) is 139 cm³/mol. The van der Waals surface area contributed by atoms with Gasteiger partial charge < -0.3 is 14.2 Å². The molecule has 4 aromatic rings. The summed E-state index contributed by atoms with van der Waals surface area (Å²) in [5.74, 6) is 1.23. The number of hydrogen-bond donors (Lipinski definition) is 1. The van der Waals surface area contributed by atoms with Gasteiger partial charge in [0.2, 0.25) is 11.8 Å². The summed E-state index contributed by atoms with van der Waals surface area (Å²) in [6.45, 7) is 6.15. The van der Waals surface area contributed by atoms with Gasteiger partial charge >= 0.3 is 6.09 Å². The molecule has 1 amide bonds. The van der Waals surface area contributed by atoms with E-state index in [2.05, 4.69) is 15.3 Å². The molecule has 1 N–H and O–H groups in total. The minimum absolute atomic E-state index is 0.344. The first-order chi connectivity index (χ1) is 17.4. The lowest BCUT2D eigenvalue weighted by molar-refractivity contribution is 0.0635. The van der Waals surface area contributed by atoms with E-state index in [1.54, 1.807) is 39.1 Å². The minimum Gasteiger partial charge on any atom is -0.473 e. The molecule has 36 heavy (non-hydrogen) atoms. The van der Waals surface area contributed by atoms with Gasteiger partial charge in [-0.2, -0.15) is 4.98 Å². The SMILES string of the molecule is CC(C)(C)OC(=O)Nc1cc(-c2ccc(OCc3ccccc3)nc2OCc2ccccc2)ccn1. The highest BCUT2D eigenvalue weighted by Crippen LogP contribution is 2.32. The number of rotatable bonds is 8. The molecule has 0 radical (unpaired) electrons. The van der Waals surface area contributed by atoms with Gasteiger partial charge in [-0.1, -0.05) is 60.7 Å². The first-order valence-electron chi connectivity index (χ1n) is 11.7. The van der Waals surface area contributed by atoms with Crippen LogP contribution in [0.4, 0.5) is 10.6 Å². The number of nitrogens with one attached hydrogen (secondary N) is 1. The Balaban J connectivity index is 1.58. The summed E-state index contributed by atoms with van der Waals surface area (Å²) < 4.78 is 17.4. The third-order valence-corrected chi connectivity index (χ3v) is 4.98. The fourth-order valence-corrected chi connectivity index (χ4v) is 3.37. The molecule has 2 aromatic heterocycles. The average molecular weight is 484 g/mol. The number of ether oxygens (including phenoxy) is 3. The molecule has 0 spiro atoms. The molecule has 0 aliphatic rings. The predicted octanol–water partition coefficient (Wildman–Crippen LogP) is 6.65. The molecule has 0 aliphatic heterocycles. The van der Waals surface area contributed by atoms with Gasteiger partial charge in [-0.15, -0.1) is 0 Å². The van der Waals surface area contributed by atoms with Crippen LogP contribution in [0.25, 0.3) is 11.1 Å². The molecule has 0 bridgehead atoms. The van der Waals surface area contributed by atoms with Gasteiger partial charge in [0.25, 0.3) is 0 Å². The summed E-state index contributed by atoms with van der Waals surface area (Å²) in [5, 5.41) is 2.68. The maximum atomic E-state index is 12.2. The molecule has 7 nitrogen and oxygen atoms in total. The molecule has 0 unspecified atom stereocenters. The normalized spacial score (nSPS) is 11.0. The molecule has 0 saturated carbocycles. The Hall–Kier alpha value is -4.39. The molecular weight excluding hydrogens is 454 g/mol. The van der Waals surface area contributed by atoms with E-state index >= 15 is 0 Å². The molecule has 184 valence electrons. The first kappa shape index (κ1) is 24.7. The van der Waals surface area contributed by atoms with Crippen LogP contribution >= 0.6 is 0 Å². The van der Waals surface area contributed by atoms with Crippen molar-refractivity contribution in [1.82, 2.24) is 9.97 Å². The summed E-state index contributed by atoms with van der Waals surface area (Å²) in [7, 11) is 0. The van der Waals surface area contributed by atoms with Crippen LogP contribution in [0.5, 0.6) is 11.8 Å². The fraction of sp³-hybridized carbons (Fsp3) is 0.207. The number of nitrogens with zero attached hydrogens (tertiary/aromatic N) is 2. The standard InChI is InChI=1S/C29H29N3O4/c1-29(2,3)36-28(33)31-25-18-23(16-17-30-25)24-14-15-26(34-19-21-10-6-4-7-11-21)32-27(24)35-20-22-12-8-5-9-13-22/h4-18H,19-20H2,1-3H3,(H,30,31,33). The van der Waals surface area contributed by atoms with E-state index in [9.17, 15) is 4.79 Å². The fourth-order valence-electron chi connectivity index (χ4n) is 3.37. The lowest BCUT2D eigenvalue weighted by Crippen LogP contribution is -2.27. The number of anilines is 1. The largest absolute Gasteiger partial charge is 0.473 e. The molecule has 4 rings (SSSR count). The van der Waals surface area contributed by atoms with Crippen molar-refractivity contribution in [2.45, 2.75) is 39.6 Å². The van der Waals surface area contributed by atoms with Crippen LogP contribution in [0.15, 0.2) is 91.1 Å². The Labute approximate surface area is 211 Å². The van der Waals surface area contributed by atoms with E-state index < -0.39 is 11.7 Å². The van der Waals surface area contributed by atoms with Crippen molar-refractivity contribution in [1.29, 1.82) is 0 Å². The zero-order chi connectivity index (χ0) is 25.4. The highest BCUT2D eigenvalue weighted by molar-refractivity contribution is 5.85. The Morgan fingerprint density at radius 2 is 1.47 bits per heavy atom. The first-order valence-corrected chi connectivity index (χ1v) is 11.7. The Morgan fingerprint density at radius 1 is 0.833 bits per heavy atom. The summed E-state index contributed by atoms with van der Waals surface area (Å²) in [6.07, 6.45) is 1.04. The second kappa shape index (κ2) is 11.4. The summed E-state index contributed by atoms with van der Waals surface area (Å²) in [6, 6.07) is 27.0. The van der Waals surface area contributed by atoms with Gasteiger partial charge in [-0.25, -0.2) is 9.78 Å². The third-order valence-electron chi connectivity index (χ3n) is 4.98. The van der Waals surface area contributed by atoms with Gasteiger partial charge in [-0.05, 0) is 55.7 Å². The van der Waals surface area contributed by atoms with Crippen molar-refractivity contribution >= 4 is 11.9 Å². The number of hydrogen-bond acceptors (Lipinski definition) is 6. The molecule has 2 heterocycles. The zero-order valence-corrected chi connectivity index (χ0v) is 20.6. The minimum atomic E-state index is -0.611. The van der Waals surface area contributed by atoms with E-state index in [-0.39, 0.29) is 0 Å². The third kappa shape index (κ3) is 7.30. The molecule has 2 aromatic carbocycles. The van der Waals surface area contributed by atoms with Gasteiger partial charge in [0.1, 0.15) is 24.6 Å². The van der Waals surface area contributed by atoms with Crippen molar-refractivity contribution in [3.63, 3.8) is 0 Å². The van der Waals surface area contributed by atoms with Gasteiger partial charge in [-0.3, -0.25) is 5.32 Å². The molecule has 0 atom stereocenters. The molecular formula is C29H29N3O4. The van der Waals surface area contributed by atoms with Crippen LogP contribution in [-0.4, -0.2) is 21.7 Å². The Bertz CT molecular complexity index is 1290. The van der Waals surface area contributed by atoms with E-state index in [1.807, 2.05) is 72.8 Å². The van der Waals surface area contributed by atoms with Crippen LogP contribution in [0.1, 0.15) is 31.9 Å². The van der Waals surface area contributed by atoms with Crippen LogP contribution in [0.3, 0.4) is 0 Å². The van der Waals surface area contributed by atoms with Crippen LogP contribution < -0.4 is 14.8 Å². The van der Waals surface area contributed by atoms with Crippen LogP contribution in [0.2, 0.25) is 0 Å². The van der Waals surface area contributed by atoms with Crippen LogP contribution in [-0.2, 0) is 18.0 Å². The molecule has 0 fully saturated rings. The molecule has 0 saturated heterocycles. The monoisotopic (exact) mass is 483 g/mol. The Morgan fingerprint density at radius 3 is 2.11 bits per heavy atom. The van der Waals surface area contributed by atoms with Crippen molar-refractivity contribution in [3.8, 4) is 22.9 Å². The topological polar surface area (TPSA) is 82.6 Å². The summed E-state index contributed by atoms with van der Waals surface area (Å²) in [4.78, 5) is 21.1. The summed E-state index contributed by atoms with van der Waals surface area (Å²) >= 11 is 0. The smallest absolute Gasteiger partial charge is 0.413 e. The maximum Gasteiger partial charge on any atom is 0.413 e. The van der Waals surface area contributed by atoms with Crippen molar-refractivity contribution < 1.29 is 19.0 Å². The van der Waals surface area contributed by atoms with E-state index in [4.69, 9.17) is 14.2 Å². The van der Waals surface area contributed by atoms with Gasteiger partial charge in [0, 0.05) is 17.8 Å². The van der Waals surface area contributed by atoms with Crippen molar-refractivity contribution in [2.24, 2.45) is 0 Å². The Kier molecular flexibility index (Phi) is 7.80. The number of pyridine rings is 2. The lowest BCUT2D eigenvalue weighted by atomic mass is 10.1. The highest BCUT2D eigenvalue weighted by atomic mass is 16.6. The van der Waals surface area contributed by atoms with Gasteiger partial charge in [0.15, 0.2) is 0 Å². The average Bonchev–Trinajstić information content (AvgIpc) is 2.86. The number of benzene rings is 2. The lowest BCUT2D eigenvalue weighted by Gasteiger charge is -2.19. The molecule has 7 heteroatoms. The number of carbonyl (C=O) groups excluding carboxylic acids is 1. The number of carbonyl (C=O) groups is 1. The second-order valence-corrected chi connectivity index (χ2v) is 9.11. The van der Waals surface area contributed by atoms with E-state index in [0.29, 0.717) is 30.8 Å². The second-order valence-electron chi connectivity index (χ2n) is 9.11. The quantitative estimate of drug-likeness (QED) is 0.302. The van der Waals surface area contributed by atoms with Crippen molar-refractivity contribution in [2.75, 3.05) is 5.32 Å². The highest BCUT2D eigenvalue weighted by Gasteiger charge is 2.17.